The molecule has 1 aliphatic heterocycles. The molecule has 31 heavy (non-hydrogen) atoms. The quantitative estimate of drug-likeness (QED) is 0.362. The molecule has 7 nitrogen and oxygen atoms in total. The second-order valence-corrected chi connectivity index (χ2v) is 9.56. The highest BCUT2D eigenvalue weighted by atomic mass is 16.3. The molecule has 4 atom stereocenters. The average Bonchev–Trinajstić information content (AvgIpc) is 3.15. The summed E-state index contributed by atoms with van der Waals surface area (Å²) in [7, 11) is 0. The van der Waals surface area contributed by atoms with Gasteiger partial charge in [-0.05, 0) is 50.9 Å². The maximum atomic E-state index is 12.8. The molecule has 1 heterocycles. The fourth-order valence-corrected chi connectivity index (χ4v) is 5.61. The molecule has 0 radical (unpaired) electrons. The molecule has 0 spiro atoms. The van der Waals surface area contributed by atoms with Crippen molar-refractivity contribution in [3.8, 4) is 0 Å². The Morgan fingerprint density at radius 3 is 2.58 bits per heavy atom. The van der Waals surface area contributed by atoms with Crippen LogP contribution in [-0.4, -0.2) is 66.4 Å². The van der Waals surface area contributed by atoms with E-state index in [1.54, 1.807) is 6.92 Å². The standard InChI is InChI=1S/C24H43N3O4/c1-3-8-19-13-21(14-25-17-29)27(15-19)16-22(18(2)30)24(20-9-5-4-6-10-20)26-23(31)11-7-12-28/h17,19-22,24,28H,3-16H2,1-2H3,(H,25,29)(H,26,31). The summed E-state index contributed by atoms with van der Waals surface area (Å²) < 4.78 is 0. The van der Waals surface area contributed by atoms with Gasteiger partial charge < -0.3 is 15.7 Å². The van der Waals surface area contributed by atoms with Crippen LogP contribution in [0.25, 0.3) is 0 Å². The number of rotatable bonds is 14. The maximum absolute atomic E-state index is 12.8. The lowest BCUT2D eigenvalue weighted by atomic mass is 9.77. The minimum Gasteiger partial charge on any atom is -0.396 e. The third-order valence-electron chi connectivity index (χ3n) is 7.18. The number of nitrogens with zero attached hydrogens (tertiary/aromatic N) is 1. The predicted octanol–water partition coefficient (Wildman–Crippen LogP) is 2.27. The lowest BCUT2D eigenvalue weighted by Gasteiger charge is -2.38. The number of Topliss-reactive ketones (excluding diaryl/α,β-unsaturated/α-hetero) is 1. The first kappa shape index (κ1) is 25.8. The number of nitrogens with one attached hydrogen (secondary N) is 2. The van der Waals surface area contributed by atoms with Crippen LogP contribution >= 0.6 is 0 Å². The Morgan fingerprint density at radius 1 is 1.23 bits per heavy atom. The molecular weight excluding hydrogens is 394 g/mol. The van der Waals surface area contributed by atoms with E-state index in [2.05, 4.69) is 22.5 Å². The van der Waals surface area contributed by atoms with Crippen LogP contribution in [0.15, 0.2) is 0 Å². The number of ketones is 1. The fraction of sp³-hybridized carbons (Fsp3) is 0.875. The van der Waals surface area contributed by atoms with Gasteiger partial charge in [0.2, 0.25) is 12.3 Å². The third-order valence-corrected chi connectivity index (χ3v) is 7.18. The summed E-state index contributed by atoms with van der Waals surface area (Å²) >= 11 is 0. The van der Waals surface area contributed by atoms with Crippen molar-refractivity contribution in [2.24, 2.45) is 17.8 Å². The number of carbonyl (C=O) groups excluding carboxylic acids is 3. The molecule has 2 aliphatic rings. The SMILES string of the molecule is CCCC1CC(CNC=O)N(CC(C(C)=O)C(NC(=O)CCCO)C2CCCCC2)C1. The summed E-state index contributed by atoms with van der Waals surface area (Å²) in [6.07, 6.45) is 10.4. The molecule has 0 aromatic carbocycles. The molecule has 2 rings (SSSR count). The number of amides is 2. The number of likely N-dealkylation sites (tertiary alicyclic amines) is 1. The number of carbonyl (C=O) groups is 3. The Labute approximate surface area is 187 Å². The van der Waals surface area contributed by atoms with Gasteiger partial charge >= 0.3 is 0 Å². The van der Waals surface area contributed by atoms with E-state index < -0.39 is 0 Å². The normalized spacial score (nSPS) is 24.5. The highest BCUT2D eigenvalue weighted by Crippen LogP contribution is 2.33. The number of hydrogen-bond acceptors (Lipinski definition) is 5. The Hall–Kier alpha value is -1.47. The van der Waals surface area contributed by atoms with Gasteiger partial charge in [-0.15, -0.1) is 0 Å². The van der Waals surface area contributed by atoms with Crippen LogP contribution in [0.5, 0.6) is 0 Å². The Kier molecular flexibility index (Phi) is 11.5. The molecule has 1 saturated carbocycles. The van der Waals surface area contributed by atoms with Crippen molar-refractivity contribution in [2.75, 3.05) is 26.2 Å². The highest BCUT2D eigenvalue weighted by molar-refractivity contribution is 5.81. The topological polar surface area (TPSA) is 98.7 Å². The van der Waals surface area contributed by atoms with Gasteiger partial charge in [-0.25, -0.2) is 0 Å². The largest absolute Gasteiger partial charge is 0.396 e. The summed E-state index contributed by atoms with van der Waals surface area (Å²) in [5.41, 5.74) is 0. The van der Waals surface area contributed by atoms with Crippen LogP contribution in [-0.2, 0) is 14.4 Å². The fourth-order valence-electron chi connectivity index (χ4n) is 5.61. The second-order valence-electron chi connectivity index (χ2n) is 9.56. The highest BCUT2D eigenvalue weighted by Gasteiger charge is 2.39. The monoisotopic (exact) mass is 437 g/mol. The van der Waals surface area contributed by atoms with Crippen LogP contribution in [0.2, 0.25) is 0 Å². The predicted molar refractivity (Wildman–Crippen MR) is 121 cm³/mol. The van der Waals surface area contributed by atoms with Crippen molar-refractivity contribution < 1.29 is 19.5 Å². The van der Waals surface area contributed by atoms with Gasteiger partial charge in [0.25, 0.3) is 0 Å². The van der Waals surface area contributed by atoms with Crippen molar-refractivity contribution in [3.63, 3.8) is 0 Å². The lowest BCUT2D eigenvalue weighted by Crippen LogP contribution is -2.53. The first-order valence-corrected chi connectivity index (χ1v) is 12.3. The summed E-state index contributed by atoms with van der Waals surface area (Å²) in [6.45, 7) is 6.02. The van der Waals surface area contributed by atoms with E-state index >= 15 is 0 Å². The van der Waals surface area contributed by atoms with Gasteiger partial charge in [0.15, 0.2) is 0 Å². The van der Waals surface area contributed by atoms with E-state index in [9.17, 15) is 14.4 Å². The van der Waals surface area contributed by atoms with Crippen LogP contribution in [0.1, 0.15) is 78.1 Å². The van der Waals surface area contributed by atoms with Gasteiger partial charge in [-0.3, -0.25) is 19.3 Å². The molecule has 178 valence electrons. The number of aliphatic hydroxyl groups excluding tert-OH is 1. The summed E-state index contributed by atoms with van der Waals surface area (Å²) in [5.74, 6) is 0.712. The minimum absolute atomic E-state index is 0.00431. The first-order chi connectivity index (χ1) is 15.0. The number of hydrogen-bond donors (Lipinski definition) is 3. The van der Waals surface area contributed by atoms with Crippen molar-refractivity contribution in [1.82, 2.24) is 15.5 Å². The van der Waals surface area contributed by atoms with Gasteiger partial charge in [0.1, 0.15) is 5.78 Å². The zero-order chi connectivity index (χ0) is 22.6. The molecule has 0 aromatic heterocycles. The molecule has 7 heteroatoms. The van der Waals surface area contributed by atoms with E-state index in [1.807, 2.05) is 0 Å². The van der Waals surface area contributed by atoms with Crippen LogP contribution in [0.3, 0.4) is 0 Å². The molecule has 2 amide bonds. The van der Waals surface area contributed by atoms with Crippen LogP contribution in [0.4, 0.5) is 0 Å². The van der Waals surface area contributed by atoms with E-state index in [-0.39, 0.29) is 36.3 Å². The molecule has 4 unspecified atom stereocenters. The Bertz CT molecular complexity index is 565. The molecule has 2 fully saturated rings. The van der Waals surface area contributed by atoms with E-state index in [0.717, 1.165) is 57.9 Å². The molecule has 0 bridgehead atoms. The third kappa shape index (κ3) is 8.19. The smallest absolute Gasteiger partial charge is 0.220 e. The van der Waals surface area contributed by atoms with Crippen molar-refractivity contribution in [3.05, 3.63) is 0 Å². The first-order valence-electron chi connectivity index (χ1n) is 12.3. The van der Waals surface area contributed by atoms with E-state index in [1.165, 1.54) is 6.42 Å². The molecule has 3 N–H and O–H groups in total. The Morgan fingerprint density at radius 2 is 1.97 bits per heavy atom. The maximum Gasteiger partial charge on any atom is 0.220 e. The van der Waals surface area contributed by atoms with Gasteiger partial charge in [0.05, 0.1) is 5.92 Å². The second kappa shape index (κ2) is 13.8. The van der Waals surface area contributed by atoms with Gasteiger partial charge in [-0.2, -0.15) is 0 Å². The summed E-state index contributed by atoms with van der Waals surface area (Å²) in [5, 5.41) is 15.1. The molecule has 1 aliphatic carbocycles. The number of aliphatic hydroxyl groups is 1. The average molecular weight is 438 g/mol. The van der Waals surface area contributed by atoms with E-state index in [0.29, 0.717) is 37.8 Å². The lowest BCUT2D eigenvalue weighted by molar-refractivity contribution is -0.126. The molecule has 0 aromatic rings. The van der Waals surface area contributed by atoms with Crippen LogP contribution in [0, 0.1) is 17.8 Å². The van der Waals surface area contributed by atoms with Crippen molar-refractivity contribution >= 4 is 18.1 Å². The zero-order valence-corrected chi connectivity index (χ0v) is 19.5. The molecular formula is C24H43N3O4. The Balaban J connectivity index is 2.16. The van der Waals surface area contributed by atoms with Gasteiger partial charge in [-0.1, -0.05) is 32.6 Å². The summed E-state index contributed by atoms with van der Waals surface area (Å²) in [4.78, 5) is 38.7. The minimum atomic E-state index is -0.250. The summed E-state index contributed by atoms with van der Waals surface area (Å²) in [6, 6.07) is 0.0783. The zero-order valence-electron chi connectivity index (χ0n) is 19.5. The molecule has 1 saturated heterocycles. The van der Waals surface area contributed by atoms with E-state index in [4.69, 9.17) is 5.11 Å². The van der Waals surface area contributed by atoms with Gasteiger partial charge in [0, 0.05) is 44.7 Å². The van der Waals surface area contributed by atoms with Crippen LogP contribution < -0.4 is 10.6 Å². The van der Waals surface area contributed by atoms with Crippen molar-refractivity contribution in [2.45, 2.75) is 90.1 Å². The van der Waals surface area contributed by atoms with Crippen molar-refractivity contribution in [1.29, 1.82) is 0 Å².